The number of fused-ring (bicyclic) bond motifs is 1. The van der Waals surface area contributed by atoms with Crippen LogP contribution >= 0.6 is 0 Å². The number of aliphatic hydroxyl groups is 1. The highest BCUT2D eigenvalue weighted by atomic mass is 16.3. The molecule has 0 radical (unpaired) electrons. The summed E-state index contributed by atoms with van der Waals surface area (Å²) in [6.07, 6.45) is 4.35. The van der Waals surface area contributed by atoms with Gasteiger partial charge in [-0.15, -0.1) is 0 Å². The van der Waals surface area contributed by atoms with E-state index in [2.05, 4.69) is 29.2 Å². The SMILES string of the molecule is O=C(C1=C(O)c2ccccc2CC1)C1CCN(CCc2ccccc2)CC1. The summed E-state index contributed by atoms with van der Waals surface area (Å²) in [6, 6.07) is 18.4. The molecule has 2 aromatic rings. The summed E-state index contributed by atoms with van der Waals surface area (Å²) < 4.78 is 0. The van der Waals surface area contributed by atoms with Crippen molar-refractivity contribution in [2.24, 2.45) is 5.92 Å². The minimum absolute atomic E-state index is 0.0559. The Labute approximate surface area is 161 Å². The van der Waals surface area contributed by atoms with E-state index in [1.807, 2.05) is 30.3 Å². The molecule has 0 aromatic heterocycles. The van der Waals surface area contributed by atoms with E-state index in [-0.39, 0.29) is 17.5 Å². The number of aryl methyl sites for hydroxylation is 1. The van der Waals surface area contributed by atoms with E-state index in [4.69, 9.17) is 0 Å². The number of likely N-dealkylation sites (tertiary alicyclic amines) is 1. The summed E-state index contributed by atoms with van der Waals surface area (Å²) in [7, 11) is 0. The number of hydrogen-bond acceptors (Lipinski definition) is 3. The Morgan fingerprint density at radius 1 is 0.963 bits per heavy atom. The van der Waals surface area contributed by atoms with Gasteiger partial charge in [0.25, 0.3) is 0 Å². The van der Waals surface area contributed by atoms with Crippen LogP contribution in [-0.2, 0) is 17.6 Å². The molecule has 1 saturated heterocycles. The second-order valence-corrected chi connectivity index (χ2v) is 7.70. The molecule has 0 atom stereocenters. The first-order valence-corrected chi connectivity index (χ1v) is 10.0. The van der Waals surface area contributed by atoms with Crippen LogP contribution < -0.4 is 0 Å². The average Bonchev–Trinajstić information content (AvgIpc) is 2.73. The van der Waals surface area contributed by atoms with Gasteiger partial charge in [0.2, 0.25) is 0 Å². The highest BCUT2D eigenvalue weighted by Crippen LogP contribution is 2.33. The van der Waals surface area contributed by atoms with Crippen LogP contribution in [0.5, 0.6) is 0 Å². The van der Waals surface area contributed by atoms with Gasteiger partial charge in [-0.25, -0.2) is 0 Å². The maximum absolute atomic E-state index is 13.0. The molecule has 140 valence electrons. The average molecular weight is 361 g/mol. The Kier molecular flexibility index (Phi) is 5.40. The smallest absolute Gasteiger partial charge is 0.165 e. The first-order valence-electron chi connectivity index (χ1n) is 10.0. The number of rotatable bonds is 5. The zero-order valence-electron chi connectivity index (χ0n) is 15.7. The van der Waals surface area contributed by atoms with E-state index in [0.717, 1.165) is 56.4 Å². The molecule has 3 nitrogen and oxygen atoms in total. The molecule has 4 rings (SSSR count). The summed E-state index contributed by atoms with van der Waals surface area (Å²) in [5, 5.41) is 10.6. The van der Waals surface area contributed by atoms with Crippen LogP contribution in [0.3, 0.4) is 0 Å². The molecule has 0 saturated carbocycles. The van der Waals surface area contributed by atoms with Crippen molar-refractivity contribution < 1.29 is 9.90 Å². The Bertz CT molecular complexity index is 832. The zero-order valence-corrected chi connectivity index (χ0v) is 15.7. The fraction of sp³-hybridized carbons (Fsp3) is 0.375. The topological polar surface area (TPSA) is 40.5 Å². The van der Waals surface area contributed by atoms with Gasteiger partial charge in [0.15, 0.2) is 5.78 Å². The normalized spacial score (nSPS) is 18.4. The van der Waals surface area contributed by atoms with Gasteiger partial charge < -0.3 is 10.0 Å². The van der Waals surface area contributed by atoms with Gasteiger partial charge in [0.1, 0.15) is 5.76 Å². The predicted molar refractivity (Wildman–Crippen MR) is 109 cm³/mol. The summed E-state index contributed by atoms with van der Waals surface area (Å²) in [4.78, 5) is 15.5. The van der Waals surface area contributed by atoms with Gasteiger partial charge in [-0.05, 0) is 56.3 Å². The highest BCUT2D eigenvalue weighted by Gasteiger charge is 2.30. The second kappa shape index (κ2) is 8.10. The van der Waals surface area contributed by atoms with Crippen LogP contribution in [0.2, 0.25) is 0 Å². The van der Waals surface area contributed by atoms with Crippen molar-refractivity contribution in [3.05, 3.63) is 76.9 Å². The number of carbonyl (C=O) groups excluding carboxylic acids is 1. The number of hydrogen-bond donors (Lipinski definition) is 1. The minimum atomic E-state index is 0.0559. The molecule has 0 bridgehead atoms. The predicted octanol–water partition coefficient (Wildman–Crippen LogP) is 4.43. The molecule has 2 aliphatic rings. The number of piperidine rings is 1. The van der Waals surface area contributed by atoms with E-state index in [0.29, 0.717) is 12.0 Å². The van der Waals surface area contributed by atoms with Crippen molar-refractivity contribution in [1.82, 2.24) is 4.90 Å². The molecule has 0 spiro atoms. The molecule has 1 aliphatic heterocycles. The van der Waals surface area contributed by atoms with Gasteiger partial charge in [-0.2, -0.15) is 0 Å². The van der Waals surface area contributed by atoms with Crippen LogP contribution in [0.4, 0.5) is 0 Å². The van der Waals surface area contributed by atoms with Crippen LogP contribution in [-0.4, -0.2) is 35.4 Å². The van der Waals surface area contributed by atoms with Crippen LogP contribution in [0, 0.1) is 5.92 Å². The second-order valence-electron chi connectivity index (χ2n) is 7.70. The summed E-state index contributed by atoms with van der Waals surface area (Å²) in [6.45, 7) is 2.98. The number of nitrogens with zero attached hydrogens (tertiary/aromatic N) is 1. The number of Topliss-reactive ketones (excluding diaryl/α,β-unsaturated/α-hetero) is 1. The molecule has 1 aliphatic carbocycles. The molecule has 1 N–H and O–H groups in total. The van der Waals surface area contributed by atoms with Gasteiger partial charge in [0.05, 0.1) is 0 Å². The van der Waals surface area contributed by atoms with Crippen LogP contribution in [0.1, 0.15) is 36.0 Å². The third kappa shape index (κ3) is 3.98. The largest absolute Gasteiger partial charge is 0.507 e. The van der Waals surface area contributed by atoms with Crippen molar-refractivity contribution in [2.45, 2.75) is 32.1 Å². The lowest BCUT2D eigenvalue weighted by Gasteiger charge is -2.32. The van der Waals surface area contributed by atoms with Crippen molar-refractivity contribution in [2.75, 3.05) is 19.6 Å². The standard InChI is InChI=1S/C24H27NO2/c26-23(22-11-10-19-8-4-5-9-21(19)24(22)27)20-13-16-25(17-14-20)15-12-18-6-2-1-3-7-18/h1-9,20,27H,10-17H2. The van der Waals surface area contributed by atoms with Crippen molar-refractivity contribution in [3.63, 3.8) is 0 Å². The first kappa shape index (κ1) is 18.0. The summed E-state index contributed by atoms with van der Waals surface area (Å²) in [5.41, 5.74) is 4.00. The number of carbonyl (C=O) groups is 1. The summed E-state index contributed by atoms with van der Waals surface area (Å²) >= 11 is 0. The van der Waals surface area contributed by atoms with E-state index in [1.165, 1.54) is 5.56 Å². The molecule has 1 heterocycles. The van der Waals surface area contributed by atoms with E-state index in [9.17, 15) is 9.90 Å². The molecular weight excluding hydrogens is 334 g/mol. The lowest BCUT2D eigenvalue weighted by atomic mass is 9.82. The maximum atomic E-state index is 13.0. The highest BCUT2D eigenvalue weighted by molar-refractivity contribution is 6.03. The molecule has 1 fully saturated rings. The first-order chi connectivity index (χ1) is 13.2. The number of allylic oxidation sites excluding steroid dienone is 1. The van der Waals surface area contributed by atoms with Gasteiger partial charge in [0, 0.05) is 23.6 Å². The molecule has 0 amide bonds. The molecule has 27 heavy (non-hydrogen) atoms. The monoisotopic (exact) mass is 361 g/mol. The fourth-order valence-corrected chi connectivity index (χ4v) is 4.35. The molecular formula is C24H27NO2. The third-order valence-electron chi connectivity index (χ3n) is 6.02. The van der Waals surface area contributed by atoms with E-state index < -0.39 is 0 Å². The molecule has 3 heteroatoms. The quantitative estimate of drug-likeness (QED) is 0.857. The number of ketones is 1. The Morgan fingerprint density at radius 3 is 2.44 bits per heavy atom. The lowest BCUT2D eigenvalue weighted by Crippen LogP contribution is -2.38. The van der Waals surface area contributed by atoms with Crippen molar-refractivity contribution >= 4 is 11.5 Å². The van der Waals surface area contributed by atoms with Crippen molar-refractivity contribution in [3.8, 4) is 0 Å². The minimum Gasteiger partial charge on any atom is -0.507 e. The van der Waals surface area contributed by atoms with Crippen LogP contribution in [0.25, 0.3) is 5.76 Å². The van der Waals surface area contributed by atoms with E-state index >= 15 is 0 Å². The molecule has 0 unspecified atom stereocenters. The third-order valence-corrected chi connectivity index (χ3v) is 6.02. The number of benzene rings is 2. The molecule has 2 aromatic carbocycles. The van der Waals surface area contributed by atoms with Gasteiger partial charge >= 0.3 is 0 Å². The maximum Gasteiger partial charge on any atom is 0.165 e. The van der Waals surface area contributed by atoms with Gasteiger partial charge in [-0.1, -0.05) is 54.6 Å². The Morgan fingerprint density at radius 2 is 1.67 bits per heavy atom. The summed E-state index contributed by atoms with van der Waals surface area (Å²) in [5.74, 6) is 0.443. The Hall–Kier alpha value is -2.39. The Balaban J connectivity index is 1.35. The van der Waals surface area contributed by atoms with Gasteiger partial charge in [-0.3, -0.25) is 4.79 Å². The van der Waals surface area contributed by atoms with Crippen molar-refractivity contribution in [1.29, 1.82) is 0 Å². The zero-order chi connectivity index (χ0) is 18.6. The fourth-order valence-electron chi connectivity index (χ4n) is 4.35. The lowest BCUT2D eigenvalue weighted by molar-refractivity contribution is -0.120. The van der Waals surface area contributed by atoms with E-state index in [1.54, 1.807) is 0 Å². The number of aliphatic hydroxyl groups excluding tert-OH is 1. The van der Waals surface area contributed by atoms with Crippen LogP contribution in [0.15, 0.2) is 60.2 Å².